The summed E-state index contributed by atoms with van der Waals surface area (Å²) in [5.41, 5.74) is 5.20. The van der Waals surface area contributed by atoms with E-state index in [1.165, 1.54) is 41.5 Å². The average molecular weight is 522 g/mol. The molecule has 2 aliphatic rings. The van der Waals surface area contributed by atoms with Crippen LogP contribution in [0.25, 0.3) is 16.8 Å². The molecule has 0 aromatic heterocycles. The van der Waals surface area contributed by atoms with Gasteiger partial charge < -0.3 is 9.80 Å². The number of nitrogens with zero attached hydrogens (tertiary/aromatic N) is 3. The van der Waals surface area contributed by atoms with Crippen LogP contribution in [0.3, 0.4) is 0 Å². The molecule has 0 amide bonds. The third-order valence-electron chi connectivity index (χ3n) is 8.08. The first kappa shape index (κ1) is 30.4. The van der Waals surface area contributed by atoms with Crippen molar-refractivity contribution in [1.29, 1.82) is 0 Å². The second-order valence-corrected chi connectivity index (χ2v) is 11.8. The van der Waals surface area contributed by atoms with Gasteiger partial charge >= 0.3 is 0 Å². The fourth-order valence-electron chi connectivity index (χ4n) is 5.75. The Morgan fingerprint density at radius 2 is 1.39 bits per heavy atom. The highest BCUT2D eigenvalue weighted by atomic mass is 19.1. The molecule has 0 unspecified atom stereocenters. The van der Waals surface area contributed by atoms with E-state index in [-0.39, 0.29) is 0 Å². The van der Waals surface area contributed by atoms with Crippen molar-refractivity contribution >= 4 is 5.70 Å². The summed E-state index contributed by atoms with van der Waals surface area (Å²) >= 11 is 0. The van der Waals surface area contributed by atoms with E-state index in [1.807, 2.05) is 13.8 Å². The molecule has 0 saturated carbocycles. The topological polar surface area (TPSA) is 9.72 Å². The summed E-state index contributed by atoms with van der Waals surface area (Å²) in [6, 6.07) is 18.6. The van der Waals surface area contributed by atoms with E-state index < -0.39 is 5.67 Å². The first-order valence-corrected chi connectivity index (χ1v) is 15.0. The molecule has 2 fully saturated rings. The Bertz CT molecular complexity index is 958. The molecule has 2 aliphatic heterocycles. The number of rotatable bonds is 9. The highest BCUT2D eigenvalue weighted by molar-refractivity contribution is 5.69. The molecule has 0 spiro atoms. The number of hydrogen-bond acceptors (Lipinski definition) is 3. The normalized spacial score (nSPS) is 17.8. The highest BCUT2D eigenvalue weighted by Gasteiger charge is 2.25. The Kier molecular flexibility index (Phi) is 11.4. The molecule has 2 saturated heterocycles. The van der Waals surface area contributed by atoms with Gasteiger partial charge in [-0.25, -0.2) is 4.39 Å². The number of likely N-dealkylation sites (tertiary alicyclic amines) is 1. The van der Waals surface area contributed by atoms with E-state index in [2.05, 4.69) is 83.7 Å². The number of piperidine rings is 1. The van der Waals surface area contributed by atoms with Crippen LogP contribution in [-0.4, -0.2) is 72.2 Å². The molecule has 2 aromatic carbocycles. The summed E-state index contributed by atoms with van der Waals surface area (Å²) in [5.74, 6) is 0.762. The Morgan fingerprint density at radius 1 is 0.868 bits per heavy atom. The van der Waals surface area contributed by atoms with Gasteiger partial charge in [0.2, 0.25) is 0 Å². The standard InChI is InChI=1S/C32H46FN3.C2H6/c1-25(2)35-20-22-36(23-21-35)26(3)29-12-14-31(15-13-29)30-10-8-27(9-11-30)6-7-28-16-18-34(19-17-28)24-32(4,5)33;1-2/h8-15,25,28H,3,6-7,16-24H2,1-2,4-5H3;1-2H3. The van der Waals surface area contributed by atoms with Gasteiger partial charge in [0, 0.05) is 44.5 Å². The maximum Gasteiger partial charge on any atom is 0.118 e. The van der Waals surface area contributed by atoms with Gasteiger partial charge in [0.25, 0.3) is 0 Å². The van der Waals surface area contributed by atoms with Crippen LogP contribution in [0.5, 0.6) is 0 Å². The summed E-state index contributed by atoms with van der Waals surface area (Å²) in [6.07, 6.45) is 4.75. The lowest BCUT2D eigenvalue weighted by molar-refractivity contribution is 0.0943. The molecule has 38 heavy (non-hydrogen) atoms. The van der Waals surface area contributed by atoms with Gasteiger partial charge in [-0.2, -0.15) is 0 Å². The zero-order valence-corrected chi connectivity index (χ0v) is 25.0. The van der Waals surface area contributed by atoms with Gasteiger partial charge in [-0.05, 0) is 94.6 Å². The van der Waals surface area contributed by atoms with Crippen molar-refractivity contribution in [2.75, 3.05) is 45.8 Å². The van der Waals surface area contributed by atoms with Crippen molar-refractivity contribution in [3.63, 3.8) is 0 Å². The molecule has 2 heterocycles. The predicted molar refractivity (Wildman–Crippen MR) is 163 cm³/mol. The van der Waals surface area contributed by atoms with Crippen LogP contribution in [-0.2, 0) is 6.42 Å². The summed E-state index contributed by atoms with van der Waals surface area (Å²) in [5, 5.41) is 0. The van der Waals surface area contributed by atoms with Gasteiger partial charge in [0.05, 0.1) is 0 Å². The van der Waals surface area contributed by atoms with E-state index in [0.717, 1.165) is 57.3 Å². The van der Waals surface area contributed by atoms with Crippen LogP contribution in [0.1, 0.15) is 71.9 Å². The Balaban J connectivity index is 0.00000195. The van der Waals surface area contributed by atoms with Crippen LogP contribution >= 0.6 is 0 Å². The van der Waals surface area contributed by atoms with Crippen LogP contribution in [0, 0.1) is 5.92 Å². The molecule has 0 aliphatic carbocycles. The maximum atomic E-state index is 13.9. The lowest BCUT2D eigenvalue weighted by Gasteiger charge is -2.39. The van der Waals surface area contributed by atoms with E-state index in [1.54, 1.807) is 13.8 Å². The molecule has 0 radical (unpaired) electrons. The van der Waals surface area contributed by atoms with Crippen molar-refractivity contribution in [3.05, 3.63) is 66.2 Å². The number of alkyl halides is 1. The first-order valence-electron chi connectivity index (χ1n) is 15.0. The zero-order chi connectivity index (χ0) is 27.7. The van der Waals surface area contributed by atoms with E-state index in [0.29, 0.717) is 12.6 Å². The minimum absolute atomic E-state index is 0.561. The van der Waals surface area contributed by atoms with Crippen molar-refractivity contribution in [2.45, 2.75) is 78.9 Å². The molecule has 4 heteroatoms. The van der Waals surface area contributed by atoms with Gasteiger partial charge in [-0.1, -0.05) is 69.0 Å². The molecule has 210 valence electrons. The summed E-state index contributed by atoms with van der Waals surface area (Å²) < 4.78 is 13.9. The van der Waals surface area contributed by atoms with Crippen molar-refractivity contribution in [2.24, 2.45) is 5.92 Å². The second-order valence-electron chi connectivity index (χ2n) is 11.8. The number of piperazine rings is 1. The molecule has 2 aromatic rings. The molecule has 4 rings (SSSR count). The maximum absolute atomic E-state index is 13.9. The Hall–Kier alpha value is -2.17. The molecule has 0 N–H and O–H groups in total. The van der Waals surface area contributed by atoms with Crippen LogP contribution in [0.4, 0.5) is 4.39 Å². The summed E-state index contributed by atoms with van der Waals surface area (Å²) in [6.45, 7) is 23.3. The lowest BCUT2D eigenvalue weighted by Crippen LogP contribution is -2.47. The number of hydrogen-bond donors (Lipinski definition) is 0. The van der Waals surface area contributed by atoms with Gasteiger partial charge in [0.1, 0.15) is 5.67 Å². The highest BCUT2D eigenvalue weighted by Crippen LogP contribution is 2.27. The Labute approximate surface area is 232 Å². The molecule has 0 atom stereocenters. The quantitative estimate of drug-likeness (QED) is 0.334. The van der Waals surface area contributed by atoms with Crippen LogP contribution in [0.15, 0.2) is 55.1 Å². The van der Waals surface area contributed by atoms with Gasteiger partial charge in [-0.15, -0.1) is 0 Å². The van der Waals surface area contributed by atoms with Gasteiger partial charge in [-0.3, -0.25) is 4.90 Å². The third kappa shape index (κ3) is 8.95. The SMILES string of the molecule is C=C(c1ccc(-c2ccc(CCC3CCN(CC(C)(C)F)CC3)cc2)cc1)N1CCN(C(C)C)CC1.CC. The van der Waals surface area contributed by atoms with E-state index in [4.69, 9.17) is 0 Å². The number of halogens is 1. The molecular formula is C34H52FN3. The monoisotopic (exact) mass is 521 g/mol. The minimum Gasteiger partial charge on any atom is -0.369 e. The van der Waals surface area contributed by atoms with Crippen LogP contribution in [0.2, 0.25) is 0 Å². The van der Waals surface area contributed by atoms with E-state index in [9.17, 15) is 4.39 Å². The smallest absolute Gasteiger partial charge is 0.118 e. The molecule has 3 nitrogen and oxygen atoms in total. The predicted octanol–water partition coefficient (Wildman–Crippen LogP) is 7.77. The third-order valence-corrected chi connectivity index (χ3v) is 8.08. The number of aryl methyl sites for hydroxylation is 1. The molecule has 0 bridgehead atoms. The largest absolute Gasteiger partial charge is 0.369 e. The number of benzene rings is 2. The fourth-order valence-corrected chi connectivity index (χ4v) is 5.75. The van der Waals surface area contributed by atoms with Gasteiger partial charge in [0.15, 0.2) is 0 Å². The molecular weight excluding hydrogens is 469 g/mol. The zero-order valence-electron chi connectivity index (χ0n) is 25.0. The fraction of sp³-hybridized carbons (Fsp3) is 0.588. The van der Waals surface area contributed by atoms with Crippen LogP contribution < -0.4 is 0 Å². The van der Waals surface area contributed by atoms with Crippen molar-refractivity contribution < 1.29 is 4.39 Å². The summed E-state index contributed by atoms with van der Waals surface area (Å²) in [4.78, 5) is 7.25. The second kappa shape index (κ2) is 14.3. The summed E-state index contributed by atoms with van der Waals surface area (Å²) in [7, 11) is 0. The van der Waals surface area contributed by atoms with E-state index >= 15 is 0 Å². The lowest BCUT2D eigenvalue weighted by atomic mass is 9.90. The first-order chi connectivity index (χ1) is 18.2. The van der Waals surface area contributed by atoms with Crippen molar-refractivity contribution in [3.8, 4) is 11.1 Å². The minimum atomic E-state index is -1.09. The Morgan fingerprint density at radius 3 is 1.89 bits per heavy atom. The average Bonchev–Trinajstić information content (AvgIpc) is 2.93. The van der Waals surface area contributed by atoms with Crippen molar-refractivity contribution in [1.82, 2.24) is 14.7 Å².